The van der Waals surface area contributed by atoms with Crippen molar-refractivity contribution in [3.63, 3.8) is 0 Å². The average Bonchev–Trinajstić information content (AvgIpc) is 2.14. The summed E-state index contributed by atoms with van der Waals surface area (Å²) in [6.45, 7) is 11.7. The highest BCUT2D eigenvalue weighted by molar-refractivity contribution is 5.81. The summed E-state index contributed by atoms with van der Waals surface area (Å²) in [5.74, 6) is -0.371. The van der Waals surface area contributed by atoms with Crippen molar-refractivity contribution in [1.82, 2.24) is 0 Å². The Kier molecular flexibility index (Phi) is 7.05. The first kappa shape index (κ1) is 14.2. The average molecular weight is 214 g/mol. The van der Waals surface area contributed by atoms with E-state index in [9.17, 15) is 4.79 Å². The van der Waals surface area contributed by atoms with E-state index in [2.05, 4.69) is 27.4 Å². The summed E-state index contributed by atoms with van der Waals surface area (Å²) < 4.78 is 10.2. The standard InChI is InChI=1S/C12H22O3/c1-5-11(13)15-9-6-8-14-10-7-12(2,3)4/h5H,1,6-10H2,2-4H3. The summed E-state index contributed by atoms with van der Waals surface area (Å²) in [5.41, 5.74) is 0.315. The Morgan fingerprint density at radius 3 is 2.47 bits per heavy atom. The summed E-state index contributed by atoms with van der Waals surface area (Å²) in [5, 5.41) is 0. The molecule has 0 fully saturated rings. The van der Waals surface area contributed by atoms with Gasteiger partial charge in [-0.25, -0.2) is 4.79 Å². The molecule has 0 amide bonds. The van der Waals surface area contributed by atoms with Crippen LogP contribution < -0.4 is 0 Å². The van der Waals surface area contributed by atoms with Gasteiger partial charge in [0.1, 0.15) is 0 Å². The first-order chi connectivity index (χ1) is 6.95. The molecule has 3 nitrogen and oxygen atoms in total. The minimum atomic E-state index is -0.371. The van der Waals surface area contributed by atoms with Gasteiger partial charge in [-0.2, -0.15) is 0 Å². The molecule has 0 aromatic rings. The summed E-state index contributed by atoms with van der Waals surface area (Å²) in [6, 6.07) is 0. The second-order valence-electron chi connectivity index (χ2n) is 4.65. The highest BCUT2D eigenvalue weighted by Gasteiger charge is 2.08. The zero-order valence-electron chi connectivity index (χ0n) is 10.0. The fourth-order valence-electron chi connectivity index (χ4n) is 0.873. The van der Waals surface area contributed by atoms with Crippen LogP contribution in [0.25, 0.3) is 0 Å². The summed E-state index contributed by atoms with van der Waals surface area (Å²) >= 11 is 0. The minimum Gasteiger partial charge on any atom is -0.462 e. The van der Waals surface area contributed by atoms with Gasteiger partial charge in [0.25, 0.3) is 0 Å². The number of rotatable bonds is 7. The normalized spacial score (nSPS) is 11.1. The maximum atomic E-state index is 10.7. The molecule has 0 N–H and O–H groups in total. The molecule has 0 spiro atoms. The predicted octanol–water partition coefficient (Wildman–Crippen LogP) is 2.56. The van der Waals surface area contributed by atoms with Gasteiger partial charge in [-0.05, 0) is 11.8 Å². The molecule has 0 heterocycles. The van der Waals surface area contributed by atoms with Gasteiger partial charge in [-0.1, -0.05) is 27.4 Å². The molecule has 0 aliphatic rings. The van der Waals surface area contributed by atoms with Crippen molar-refractivity contribution in [2.45, 2.75) is 33.6 Å². The fourth-order valence-corrected chi connectivity index (χ4v) is 0.873. The first-order valence-electron chi connectivity index (χ1n) is 5.32. The van der Waals surface area contributed by atoms with E-state index in [-0.39, 0.29) is 5.97 Å². The zero-order chi connectivity index (χ0) is 11.7. The third kappa shape index (κ3) is 11.1. The van der Waals surface area contributed by atoms with E-state index in [1.165, 1.54) is 6.08 Å². The van der Waals surface area contributed by atoms with Gasteiger partial charge in [0.15, 0.2) is 0 Å². The lowest BCUT2D eigenvalue weighted by molar-refractivity contribution is -0.138. The first-order valence-corrected chi connectivity index (χ1v) is 5.32. The Morgan fingerprint density at radius 1 is 1.27 bits per heavy atom. The number of carbonyl (C=O) groups excluding carboxylic acids is 1. The number of ether oxygens (including phenoxy) is 2. The van der Waals surface area contributed by atoms with Crippen LogP contribution in [0.2, 0.25) is 0 Å². The molecule has 15 heavy (non-hydrogen) atoms. The molecule has 0 aliphatic heterocycles. The lowest BCUT2D eigenvalue weighted by Gasteiger charge is -2.17. The van der Waals surface area contributed by atoms with Crippen LogP contribution in [0.5, 0.6) is 0 Å². The van der Waals surface area contributed by atoms with Crippen LogP contribution in [-0.2, 0) is 14.3 Å². The molecule has 0 bridgehead atoms. The third-order valence-corrected chi connectivity index (χ3v) is 1.84. The van der Waals surface area contributed by atoms with E-state index >= 15 is 0 Å². The molecule has 0 aliphatic carbocycles. The van der Waals surface area contributed by atoms with Crippen molar-refractivity contribution >= 4 is 5.97 Å². The topological polar surface area (TPSA) is 35.5 Å². The smallest absolute Gasteiger partial charge is 0.330 e. The maximum absolute atomic E-state index is 10.7. The Bertz CT molecular complexity index is 192. The van der Waals surface area contributed by atoms with Crippen molar-refractivity contribution in [3.05, 3.63) is 12.7 Å². The Morgan fingerprint density at radius 2 is 1.93 bits per heavy atom. The number of carbonyl (C=O) groups is 1. The Balaban J connectivity index is 3.19. The highest BCUT2D eigenvalue weighted by Crippen LogP contribution is 2.17. The molecule has 0 saturated carbocycles. The monoisotopic (exact) mass is 214 g/mol. The fraction of sp³-hybridized carbons (Fsp3) is 0.750. The summed E-state index contributed by atoms with van der Waals surface area (Å²) in [7, 11) is 0. The summed E-state index contributed by atoms with van der Waals surface area (Å²) in [6.07, 6.45) is 2.95. The molecular weight excluding hydrogens is 192 g/mol. The number of hydrogen-bond acceptors (Lipinski definition) is 3. The predicted molar refractivity (Wildman–Crippen MR) is 60.7 cm³/mol. The quantitative estimate of drug-likeness (QED) is 0.371. The molecule has 0 rings (SSSR count). The second-order valence-corrected chi connectivity index (χ2v) is 4.65. The van der Waals surface area contributed by atoms with Crippen molar-refractivity contribution in [2.75, 3.05) is 19.8 Å². The Hall–Kier alpha value is -0.830. The minimum absolute atomic E-state index is 0.315. The van der Waals surface area contributed by atoms with Gasteiger partial charge in [0, 0.05) is 25.7 Å². The lowest BCUT2D eigenvalue weighted by Crippen LogP contribution is -2.11. The maximum Gasteiger partial charge on any atom is 0.330 e. The van der Waals surface area contributed by atoms with Crippen molar-refractivity contribution in [1.29, 1.82) is 0 Å². The van der Waals surface area contributed by atoms with Gasteiger partial charge in [0.2, 0.25) is 0 Å². The van der Waals surface area contributed by atoms with E-state index < -0.39 is 0 Å². The molecule has 0 unspecified atom stereocenters. The highest BCUT2D eigenvalue weighted by atomic mass is 16.5. The van der Waals surface area contributed by atoms with Gasteiger partial charge >= 0.3 is 5.97 Å². The SMILES string of the molecule is C=CC(=O)OCCCOCCC(C)(C)C. The van der Waals surface area contributed by atoms with Crippen LogP contribution in [0, 0.1) is 5.41 Å². The molecule has 0 aromatic carbocycles. The molecule has 0 atom stereocenters. The molecular formula is C12H22O3. The van der Waals surface area contributed by atoms with Crippen LogP contribution in [0.1, 0.15) is 33.6 Å². The number of esters is 1. The molecule has 0 radical (unpaired) electrons. The Labute approximate surface area is 92.5 Å². The van der Waals surface area contributed by atoms with Crippen molar-refractivity contribution in [3.8, 4) is 0 Å². The van der Waals surface area contributed by atoms with Crippen LogP contribution in [0.15, 0.2) is 12.7 Å². The van der Waals surface area contributed by atoms with Crippen molar-refractivity contribution in [2.24, 2.45) is 5.41 Å². The van der Waals surface area contributed by atoms with E-state index in [1.54, 1.807) is 0 Å². The van der Waals surface area contributed by atoms with Crippen LogP contribution in [0.3, 0.4) is 0 Å². The third-order valence-electron chi connectivity index (χ3n) is 1.84. The van der Waals surface area contributed by atoms with E-state index in [0.29, 0.717) is 18.6 Å². The van der Waals surface area contributed by atoms with Gasteiger partial charge in [0.05, 0.1) is 6.61 Å². The van der Waals surface area contributed by atoms with Gasteiger partial charge in [-0.3, -0.25) is 0 Å². The molecule has 0 aromatic heterocycles. The van der Waals surface area contributed by atoms with E-state index in [1.807, 2.05) is 0 Å². The van der Waals surface area contributed by atoms with Gasteiger partial charge < -0.3 is 9.47 Å². The second kappa shape index (κ2) is 7.46. The molecule has 0 saturated heterocycles. The van der Waals surface area contributed by atoms with Crippen molar-refractivity contribution < 1.29 is 14.3 Å². The van der Waals surface area contributed by atoms with Gasteiger partial charge in [-0.15, -0.1) is 0 Å². The summed E-state index contributed by atoms with van der Waals surface area (Å²) in [4.78, 5) is 10.7. The van der Waals surface area contributed by atoms with Crippen LogP contribution >= 0.6 is 0 Å². The molecule has 3 heteroatoms. The number of hydrogen-bond donors (Lipinski definition) is 0. The zero-order valence-corrected chi connectivity index (χ0v) is 10.0. The van der Waals surface area contributed by atoms with E-state index in [0.717, 1.165) is 19.4 Å². The lowest BCUT2D eigenvalue weighted by atomic mass is 9.93. The van der Waals surface area contributed by atoms with E-state index in [4.69, 9.17) is 9.47 Å². The molecule has 88 valence electrons. The van der Waals surface area contributed by atoms with Crippen LogP contribution in [-0.4, -0.2) is 25.8 Å². The van der Waals surface area contributed by atoms with Crippen LogP contribution in [0.4, 0.5) is 0 Å². The largest absolute Gasteiger partial charge is 0.462 e.